The Morgan fingerprint density at radius 3 is 2.52 bits per heavy atom. The lowest BCUT2D eigenvalue weighted by Crippen LogP contribution is -2.42. The predicted molar refractivity (Wildman–Crippen MR) is 82.3 cm³/mol. The predicted octanol–water partition coefficient (Wildman–Crippen LogP) is 2.44. The average Bonchev–Trinajstić information content (AvgIpc) is 2.48. The average molecular weight is 283 g/mol. The van der Waals surface area contributed by atoms with Gasteiger partial charge in [-0.15, -0.1) is 0 Å². The van der Waals surface area contributed by atoms with Crippen LogP contribution in [0.25, 0.3) is 0 Å². The molecule has 1 fully saturated rings. The standard InChI is InChI=1S/C16H21N5/c1-12-10-15(19-11-18-12)21-8-5-16(3,6-9-21)14-4-7-17-13(2)20-14/h4,7,10-11H,5-6,8-9H2,1-3H3. The van der Waals surface area contributed by atoms with Crippen LogP contribution in [0.5, 0.6) is 0 Å². The highest BCUT2D eigenvalue weighted by Gasteiger charge is 2.33. The third-order valence-electron chi connectivity index (χ3n) is 4.37. The number of hydrogen-bond acceptors (Lipinski definition) is 5. The Morgan fingerprint density at radius 1 is 1.10 bits per heavy atom. The lowest BCUT2D eigenvalue weighted by Gasteiger charge is -2.39. The molecule has 0 saturated carbocycles. The number of hydrogen-bond donors (Lipinski definition) is 0. The molecule has 3 heterocycles. The van der Waals surface area contributed by atoms with Gasteiger partial charge in [-0.25, -0.2) is 19.9 Å². The molecule has 5 heteroatoms. The second-order valence-corrected chi connectivity index (χ2v) is 6.05. The molecule has 21 heavy (non-hydrogen) atoms. The van der Waals surface area contributed by atoms with E-state index >= 15 is 0 Å². The van der Waals surface area contributed by atoms with Gasteiger partial charge < -0.3 is 4.90 Å². The summed E-state index contributed by atoms with van der Waals surface area (Å²) in [6, 6.07) is 4.11. The van der Waals surface area contributed by atoms with Crippen LogP contribution in [0.4, 0.5) is 5.82 Å². The van der Waals surface area contributed by atoms with Gasteiger partial charge in [-0.3, -0.25) is 0 Å². The quantitative estimate of drug-likeness (QED) is 0.847. The maximum atomic E-state index is 4.63. The molecule has 0 aromatic carbocycles. The van der Waals surface area contributed by atoms with Crippen LogP contribution in [-0.2, 0) is 5.41 Å². The van der Waals surface area contributed by atoms with Crippen LogP contribution >= 0.6 is 0 Å². The minimum atomic E-state index is 0.131. The second kappa shape index (κ2) is 5.39. The molecule has 0 radical (unpaired) electrons. The molecule has 110 valence electrons. The summed E-state index contributed by atoms with van der Waals surface area (Å²) < 4.78 is 0. The first-order valence-corrected chi connectivity index (χ1v) is 7.41. The number of piperidine rings is 1. The van der Waals surface area contributed by atoms with Crippen molar-refractivity contribution in [3.63, 3.8) is 0 Å². The summed E-state index contributed by atoms with van der Waals surface area (Å²) in [7, 11) is 0. The summed E-state index contributed by atoms with van der Waals surface area (Å²) >= 11 is 0. The van der Waals surface area contributed by atoms with Gasteiger partial charge in [0.25, 0.3) is 0 Å². The summed E-state index contributed by atoms with van der Waals surface area (Å²) in [5, 5.41) is 0. The van der Waals surface area contributed by atoms with Crippen molar-refractivity contribution in [2.24, 2.45) is 0 Å². The first-order valence-electron chi connectivity index (χ1n) is 7.41. The monoisotopic (exact) mass is 283 g/mol. The Bertz CT molecular complexity index is 632. The fourth-order valence-electron chi connectivity index (χ4n) is 2.89. The van der Waals surface area contributed by atoms with E-state index in [2.05, 4.69) is 43.9 Å². The van der Waals surface area contributed by atoms with Crippen molar-refractivity contribution in [1.29, 1.82) is 0 Å². The van der Waals surface area contributed by atoms with Gasteiger partial charge >= 0.3 is 0 Å². The molecule has 2 aromatic heterocycles. The van der Waals surface area contributed by atoms with E-state index in [-0.39, 0.29) is 5.41 Å². The summed E-state index contributed by atoms with van der Waals surface area (Å²) in [6.07, 6.45) is 5.66. The van der Waals surface area contributed by atoms with Crippen LogP contribution < -0.4 is 4.90 Å². The number of rotatable bonds is 2. The zero-order chi connectivity index (χ0) is 14.9. The third-order valence-corrected chi connectivity index (χ3v) is 4.37. The lowest BCUT2D eigenvalue weighted by atomic mass is 9.77. The minimum Gasteiger partial charge on any atom is -0.356 e. The van der Waals surface area contributed by atoms with Crippen molar-refractivity contribution in [2.75, 3.05) is 18.0 Å². The van der Waals surface area contributed by atoms with Gasteiger partial charge in [0.15, 0.2) is 0 Å². The van der Waals surface area contributed by atoms with Crippen LogP contribution in [0, 0.1) is 13.8 Å². The molecule has 0 N–H and O–H groups in total. The molecule has 1 aliphatic heterocycles. The largest absolute Gasteiger partial charge is 0.356 e. The van der Waals surface area contributed by atoms with Crippen molar-refractivity contribution < 1.29 is 0 Å². The van der Waals surface area contributed by atoms with Gasteiger partial charge in [0, 0.05) is 36.5 Å². The van der Waals surface area contributed by atoms with E-state index in [4.69, 9.17) is 0 Å². The first-order chi connectivity index (χ1) is 10.1. The Morgan fingerprint density at radius 2 is 1.86 bits per heavy atom. The van der Waals surface area contributed by atoms with Crippen LogP contribution in [0.15, 0.2) is 24.7 Å². The van der Waals surface area contributed by atoms with Crippen LogP contribution in [0.3, 0.4) is 0 Å². The maximum absolute atomic E-state index is 4.63. The van der Waals surface area contributed by atoms with Crippen molar-refractivity contribution in [2.45, 2.75) is 39.0 Å². The topological polar surface area (TPSA) is 54.8 Å². The van der Waals surface area contributed by atoms with Gasteiger partial charge in [0.1, 0.15) is 18.0 Å². The molecule has 3 rings (SSSR count). The van der Waals surface area contributed by atoms with E-state index in [9.17, 15) is 0 Å². The van der Waals surface area contributed by atoms with Crippen molar-refractivity contribution >= 4 is 5.82 Å². The SMILES string of the molecule is Cc1cc(N2CCC(C)(c3ccnc(C)n3)CC2)ncn1. The van der Waals surface area contributed by atoms with Gasteiger partial charge in [0.05, 0.1) is 5.69 Å². The van der Waals surface area contributed by atoms with Gasteiger partial charge in [0.2, 0.25) is 0 Å². The van der Waals surface area contributed by atoms with E-state index in [1.807, 2.05) is 20.0 Å². The minimum absolute atomic E-state index is 0.131. The number of aryl methyl sites for hydroxylation is 2. The molecule has 0 spiro atoms. The van der Waals surface area contributed by atoms with Crippen LogP contribution in [-0.4, -0.2) is 33.0 Å². The second-order valence-electron chi connectivity index (χ2n) is 6.05. The van der Waals surface area contributed by atoms with E-state index in [1.54, 1.807) is 6.33 Å². The van der Waals surface area contributed by atoms with Gasteiger partial charge in [-0.05, 0) is 32.8 Å². The van der Waals surface area contributed by atoms with E-state index in [1.165, 1.54) is 0 Å². The smallest absolute Gasteiger partial charge is 0.132 e. The number of aromatic nitrogens is 4. The third kappa shape index (κ3) is 2.86. The zero-order valence-electron chi connectivity index (χ0n) is 12.9. The molecular weight excluding hydrogens is 262 g/mol. The van der Waals surface area contributed by atoms with Crippen LogP contribution in [0.2, 0.25) is 0 Å². The molecular formula is C16H21N5. The van der Waals surface area contributed by atoms with Crippen molar-refractivity contribution in [1.82, 2.24) is 19.9 Å². The Kier molecular flexibility index (Phi) is 3.57. The van der Waals surface area contributed by atoms with E-state index < -0.39 is 0 Å². The Labute approximate surface area is 125 Å². The molecule has 0 bridgehead atoms. The highest BCUT2D eigenvalue weighted by molar-refractivity contribution is 5.40. The summed E-state index contributed by atoms with van der Waals surface area (Å²) in [5.41, 5.74) is 2.31. The van der Waals surface area contributed by atoms with Gasteiger partial charge in [-0.1, -0.05) is 6.92 Å². The summed E-state index contributed by atoms with van der Waals surface area (Å²) in [4.78, 5) is 19.7. The van der Waals surface area contributed by atoms with Crippen molar-refractivity contribution in [3.05, 3.63) is 41.9 Å². The molecule has 1 saturated heterocycles. The molecule has 5 nitrogen and oxygen atoms in total. The maximum Gasteiger partial charge on any atom is 0.132 e. The number of anilines is 1. The Balaban J connectivity index is 1.75. The molecule has 0 unspecified atom stereocenters. The highest BCUT2D eigenvalue weighted by Crippen LogP contribution is 2.34. The van der Waals surface area contributed by atoms with Crippen molar-refractivity contribution in [3.8, 4) is 0 Å². The van der Waals surface area contributed by atoms with E-state index in [0.717, 1.165) is 49.0 Å². The highest BCUT2D eigenvalue weighted by atomic mass is 15.2. The summed E-state index contributed by atoms with van der Waals surface area (Å²) in [5.74, 6) is 1.88. The molecule has 2 aromatic rings. The number of nitrogens with zero attached hydrogens (tertiary/aromatic N) is 5. The van der Waals surface area contributed by atoms with Gasteiger partial charge in [-0.2, -0.15) is 0 Å². The normalized spacial score (nSPS) is 17.8. The fourth-order valence-corrected chi connectivity index (χ4v) is 2.89. The molecule has 0 amide bonds. The first kappa shape index (κ1) is 13.9. The van der Waals surface area contributed by atoms with Crippen LogP contribution in [0.1, 0.15) is 37.0 Å². The lowest BCUT2D eigenvalue weighted by molar-refractivity contribution is 0.351. The summed E-state index contributed by atoms with van der Waals surface area (Å²) in [6.45, 7) is 8.25. The fraction of sp³-hybridized carbons (Fsp3) is 0.500. The Hall–Kier alpha value is -2.04. The molecule has 0 atom stereocenters. The van der Waals surface area contributed by atoms with E-state index in [0.29, 0.717) is 0 Å². The zero-order valence-corrected chi connectivity index (χ0v) is 12.9. The molecule has 0 aliphatic carbocycles. The molecule has 1 aliphatic rings.